The van der Waals surface area contributed by atoms with Crippen molar-refractivity contribution in [3.63, 3.8) is 0 Å². The summed E-state index contributed by atoms with van der Waals surface area (Å²) in [5.41, 5.74) is 8.33. The molecule has 1 saturated heterocycles. The molecule has 1 aliphatic heterocycles. The second kappa shape index (κ2) is 4.31. The number of anilines is 1. The Bertz CT molecular complexity index is 505. The maximum Gasteiger partial charge on any atom is 0.239 e. The van der Waals surface area contributed by atoms with Crippen LogP contribution in [-0.2, 0) is 10.0 Å². The molecule has 0 aliphatic carbocycles. The number of aryl methyl sites for hydroxylation is 2. The first-order valence-corrected chi connectivity index (χ1v) is 7.26. The molecule has 17 heavy (non-hydrogen) atoms. The lowest BCUT2D eigenvalue weighted by Crippen LogP contribution is -2.33. The van der Waals surface area contributed by atoms with Crippen molar-refractivity contribution < 1.29 is 8.42 Å². The van der Waals surface area contributed by atoms with Gasteiger partial charge in [0.05, 0.1) is 10.9 Å². The first kappa shape index (κ1) is 12.4. The van der Waals surface area contributed by atoms with Crippen LogP contribution in [0.3, 0.4) is 0 Å². The highest BCUT2D eigenvalue weighted by atomic mass is 32.2. The Morgan fingerprint density at radius 1 is 1.35 bits per heavy atom. The highest BCUT2D eigenvalue weighted by Gasteiger charge is 2.38. The third kappa shape index (κ3) is 1.93. The number of nitrogens with two attached hydrogens (primary N) is 1. The summed E-state index contributed by atoms with van der Waals surface area (Å²) in [4.78, 5) is 0. The van der Waals surface area contributed by atoms with E-state index in [9.17, 15) is 8.42 Å². The van der Waals surface area contributed by atoms with Crippen molar-refractivity contribution in [3.8, 4) is 0 Å². The van der Waals surface area contributed by atoms with Gasteiger partial charge in [0.1, 0.15) is 0 Å². The molecule has 0 unspecified atom stereocenters. The number of nitrogens with zero attached hydrogens (tertiary/aromatic N) is 1. The Morgan fingerprint density at radius 3 is 2.41 bits per heavy atom. The van der Waals surface area contributed by atoms with Crippen molar-refractivity contribution in [2.75, 3.05) is 17.4 Å². The highest BCUT2D eigenvalue weighted by molar-refractivity contribution is 7.93. The first-order chi connectivity index (χ1) is 7.98. The Balaban J connectivity index is 2.50. The second-order valence-corrected chi connectivity index (χ2v) is 6.64. The smallest absolute Gasteiger partial charge is 0.239 e. The van der Waals surface area contributed by atoms with Gasteiger partial charge in [0.2, 0.25) is 10.0 Å². The van der Waals surface area contributed by atoms with E-state index in [4.69, 9.17) is 5.73 Å². The molecule has 2 N–H and O–H groups in total. The van der Waals surface area contributed by atoms with Crippen LogP contribution in [0.1, 0.15) is 17.5 Å². The van der Waals surface area contributed by atoms with Crippen molar-refractivity contribution in [3.05, 3.63) is 29.3 Å². The van der Waals surface area contributed by atoms with Gasteiger partial charge in [-0.15, -0.1) is 0 Å². The minimum absolute atomic E-state index is 0.198. The molecule has 0 amide bonds. The van der Waals surface area contributed by atoms with Crippen molar-refractivity contribution in [2.24, 2.45) is 5.73 Å². The largest absolute Gasteiger partial charge is 0.329 e. The lowest BCUT2D eigenvalue weighted by molar-refractivity contribution is 0.588. The van der Waals surface area contributed by atoms with Gasteiger partial charge in [-0.3, -0.25) is 4.31 Å². The molecule has 2 rings (SSSR count). The van der Waals surface area contributed by atoms with Crippen LogP contribution >= 0.6 is 0 Å². The second-order valence-electron chi connectivity index (χ2n) is 4.50. The van der Waals surface area contributed by atoms with Gasteiger partial charge in [0, 0.05) is 13.1 Å². The monoisotopic (exact) mass is 254 g/mol. The van der Waals surface area contributed by atoms with Crippen LogP contribution in [0.25, 0.3) is 0 Å². The number of para-hydroxylation sites is 1. The van der Waals surface area contributed by atoms with Crippen molar-refractivity contribution in [2.45, 2.75) is 25.5 Å². The van der Waals surface area contributed by atoms with Crippen LogP contribution in [0.5, 0.6) is 0 Å². The molecule has 1 fully saturated rings. The van der Waals surface area contributed by atoms with Gasteiger partial charge in [-0.05, 0) is 31.4 Å². The van der Waals surface area contributed by atoms with Gasteiger partial charge in [-0.25, -0.2) is 8.42 Å². The molecular weight excluding hydrogens is 236 g/mol. The number of hydrogen-bond donors (Lipinski definition) is 1. The van der Waals surface area contributed by atoms with Crippen LogP contribution in [0.4, 0.5) is 5.69 Å². The Kier molecular flexibility index (Phi) is 3.14. The lowest BCUT2D eigenvalue weighted by Gasteiger charge is -2.22. The zero-order valence-corrected chi connectivity index (χ0v) is 11.0. The number of rotatable bonds is 2. The normalized spacial score (nSPS) is 23.0. The van der Waals surface area contributed by atoms with E-state index >= 15 is 0 Å². The SMILES string of the molecule is Cc1cccc(C)c1N1CC[C@@H](CN)S1(=O)=O. The van der Waals surface area contributed by atoms with E-state index in [1.165, 1.54) is 4.31 Å². The van der Waals surface area contributed by atoms with Crippen LogP contribution in [0, 0.1) is 13.8 Å². The summed E-state index contributed by atoms with van der Waals surface area (Å²) in [5, 5.41) is -0.429. The number of benzene rings is 1. The average molecular weight is 254 g/mol. The fourth-order valence-electron chi connectivity index (χ4n) is 2.39. The maximum absolute atomic E-state index is 12.3. The third-order valence-electron chi connectivity index (χ3n) is 3.33. The molecule has 4 nitrogen and oxygen atoms in total. The Morgan fingerprint density at radius 2 is 1.94 bits per heavy atom. The molecule has 1 heterocycles. The van der Waals surface area contributed by atoms with Crippen molar-refractivity contribution in [1.82, 2.24) is 0 Å². The molecule has 1 aromatic carbocycles. The third-order valence-corrected chi connectivity index (χ3v) is 5.58. The van der Waals surface area contributed by atoms with Crippen LogP contribution in [-0.4, -0.2) is 26.8 Å². The zero-order chi connectivity index (χ0) is 12.6. The van der Waals surface area contributed by atoms with Gasteiger partial charge in [-0.1, -0.05) is 18.2 Å². The van der Waals surface area contributed by atoms with Crippen molar-refractivity contribution >= 4 is 15.7 Å². The summed E-state index contributed by atoms with van der Waals surface area (Å²) in [6.45, 7) is 4.61. The highest BCUT2D eigenvalue weighted by Crippen LogP contribution is 2.33. The minimum atomic E-state index is -3.27. The fourth-order valence-corrected chi connectivity index (χ4v) is 4.30. The van der Waals surface area contributed by atoms with Gasteiger partial charge in [-0.2, -0.15) is 0 Å². The summed E-state index contributed by atoms with van der Waals surface area (Å²) < 4.78 is 26.1. The van der Waals surface area contributed by atoms with E-state index in [2.05, 4.69) is 0 Å². The molecule has 5 heteroatoms. The van der Waals surface area contributed by atoms with E-state index in [1.807, 2.05) is 32.0 Å². The summed E-state index contributed by atoms with van der Waals surface area (Å²) in [6.07, 6.45) is 0.618. The fraction of sp³-hybridized carbons (Fsp3) is 0.500. The van der Waals surface area contributed by atoms with Gasteiger partial charge >= 0.3 is 0 Å². The molecule has 94 valence electrons. The summed E-state index contributed by atoms with van der Waals surface area (Å²) in [6, 6.07) is 5.82. The topological polar surface area (TPSA) is 63.4 Å². The number of hydrogen-bond acceptors (Lipinski definition) is 3. The van der Waals surface area contributed by atoms with E-state index in [0.717, 1.165) is 16.8 Å². The summed E-state index contributed by atoms with van der Waals surface area (Å²) >= 11 is 0. The molecule has 0 radical (unpaired) electrons. The number of sulfonamides is 1. The molecule has 1 aromatic rings. The molecule has 0 bridgehead atoms. The molecular formula is C12H18N2O2S. The van der Waals surface area contributed by atoms with Crippen molar-refractivity contribution in [1.29, 1.82) is 0 Å². The van der Waals surface area contributed by atoms with E-state index in [1.54, 1.807) is 0 Å². The van der Waals surface area contributed by atoms with E-state index in [0.29, 0.717) is 13.0 Å². The minimum Gasteiger partial charge on any atom is -0.329 e. The first-order valence-electron chi connectivity index (χ1n) is 5.76. The maximum atomic E-state index is 12.3. The van der Waals surface area contributed by atoms with E-state index < -0.39 is 15.3 Å². The van der Waals surface area contributed by atoms with Crippen LogP contribution in [0.2, 0.25) is 0 Å². The zero-order valence-electron chi connectivity index (χ0n) is 10.2. The van der Waals surface area contributed by atoms with Gasteiger partial charge in [0.25, 0.3) is 0 Å². The predicted molar refractivity (Wildman–Crippen MR) is 69.6 cm³/mol. The van der Waals surface area contributed by atoms with Crippen LogP contribution in [0.15, 0.2) is 18.2 Å². The standard InChI is InChI=1S/C12H18N2O2S/c1-9-4-3-5-10(2)12(9)14-7-6-11(8-13)17(14,15)16/h3-5,11H,6-8,13H2,1-2H3/t11-/m0/s1. The average Bonchev–Trinajstić information content (AvgIpc) is 2.54. The van der Waals surface area contributed by atoms with Gasteiger partial charge < -0.3 is 5.73 Å². The van der Waals surface area contributed by atoms with Gasteiger partial charge in [0.15, 0.2) is 0 Å². The summed E-state index contributed by atoms with van der Waals surface area (Å²) in [5.74, 6) is 0. The Hall–Kier alpha value is -1.07. The predicted octanol–water partition coefficient (Wildman–Crippen LogP) is 1.17. The summed E-state index contributed by atoms with van der Waals surface area (Å²) in [7, 11) is -3.27. The molecule has 1 atom stereocenters. The Labute approximate surface area is 102 Å². The van der Waals surface area contributed by atoms with E-state index in [-0.39, 0.29) is 6.54 Å². The lowest BCUT2D eigenvalue weighted by atomic mass is 10.1. The molecule has 0 aromatic heterocycles. The molecule has 0 saturated carbocycles. The molecule has 1 aliphatic rings. The molecule has 0 spiro atoms. The quantitative estimate of drug-likeness (QED) is 0.861. The van der Waals surface area contributed by atoms with Crippen LogP contribution < -0.4 is 10.0 Å².